The standard InChI is InChI=1S/C20H19F3N4O2S/c1-11(16-5-6-17(30-16)29-10-20(21,22)23)26-19(28)13-8-12(13)18-25-9-15(27-18)14-4-2-3-7-24-14/h2-7,9,11-13H,8,10H2,1H3,(H,25,27)(H,26,28). The number of nitrogens with zero attached hydrogens (tertiary/aromatic N) is 2. The summed E-state index contributed by atoms with van der Waals surface area (Å²) in [4.78, 5) is 25.2. The molecule has 2 N–H and O–H groups in total. The summed E-state index contributed by atoms with van der Waals surface area (Å²) in [6, 6.07) is 8.43. The smallest absolute Gasteiger partial charge is 0.422 e. The second-order valence-corrected chi connectivity index (χ2v) is 8.21. The van der Waals surface area contributed by atoms with Gasteiger partial charge in [0, 0.05) is 22.9 Å². The molecule has 4 rings (SSSR count). The number of ether oxygens (including phenoxy) is 1. The third-order valence-corrected chi connectivity index (χ3v) is 5.96. The van der Waals surface area contributed by atoms with E-state index in [4.69, 9.17) is 4.74 Å². The number of hydrogen-bond donors (Lipinski definition) is 2. The molecule has 3 aromatic rings. The van der Waals surface area contributed by atoms with E-state index < -0.39 is 12.8 Å². The van der Waals surface area contributed by atoms with Gasteiger partial charge in [-0.1, -0.05) is 6.07 Å². The molecule has 1 saturated carbocycles. The van der Waals surface area contributed by atoms with Crippen LogP contribution in [0.5, 0.6) is 5.06 Å². The number of nitrogens with one attached hydrogen (secondary N) is 2. The SMILES string of the molecule is CC(NC(=O)C1CC1c1ncc(-c2ccccn2)[nH]1)c1ccc(OCC(F)(F)F)s1. The molecule has 0 spiro atoms. The number of amides is 1. The highest BCUT2D eigenvalue weighted by Crippen LogP contribution is 2.47. The second-order valence-electron chi connectivity index (χ2n) is 7.14. The van der Waals surface area contributed by atoms with Gasteiger partial charge in [-0.25, -0.2) is 4.98 Å². The Kier molecular flexibility index (Phi) is 5.50. The van der Waals surface area contributed by atoms with Crippen molar-refractivity contribution >= 4 is 17.2 Å². The summed E-state index contributed by atoms with van der Waals surface area (Å²) < 4.78 is 41.5. The van der Waals surface area contributed by atoms with Crippen LogP contribution in [0, 0.1) is 5.92 Å². The molecule has 10 heteroatoms. The molecule has 3 atom stereocenters. The fraction of sp³-hybridized carbons (Fsp3) is 0.350. The molecule has 6 nitrogen and oxygen atoms in total. The van der Waals surface area contributed by atoms with Crippen molar-refractivity contribution in [2.24, 2.45) is 5.92 Å². The van der Waals surface area contributed by atoms with E-state index in [1.54, 1.807) is 25.4 Å². The average Bonchev–Trinajstić information content (AvgIpc) is 3.14. The summed E-state index contributed by atoms with van der Waals surface area (Å²) in [5.74, 6) is 0.483. The first kappa shape index (κ1) is 20.4. The monoisotopic (exact) mass is 436 g/mol. The van der Waals surface area contributed by atoms with Crippen molar-refractivity contribution in [2.45, 2.75) is 31.5 Å². The molecule has 0 radical (unpaired) electrons. The number of alkyl halides is 3. The molecule has 1 aliphatic rings. The van der Waals surface area contributed by atoms with Gasteiger partial charge in [0.15, 0.2) is 11.7 Å². The number of carbonyl (C=O) groups is 1. The van der Waals surface area contributed by atoms with Gasteiger partial charge in [-0.05, 0) is 37.6 Å². The number of hydrogen-bond acceptors (Lipinski definition) is 5. The number of H-pyrrole nitrogens is 1. The van der Waals surface area contributed by atoms with Crippen molar-refractivity contribution in [1.29, 1.82) is 0 Å². The minimum atomic E-state index is -4.38. The summed E-state index contributed by atoms with van der Waals surface area (Å²) in [6.45, 7) is 0.460. The molecule has 1 aliphatic carbocycles. The Labute approximate surface area is 174 Å². The zero-order valence-electron chi connectivity index (χ0n) is 15.9. The predicted molar refractivity (Wildman–Crippen MR) is 105 cm³/mol. The first-order valence-electron chi connectivity index (χ1n) is 9.36. The Morgan fingerprint density at radius 2 is 2.17 bits per heavy atom. The van der Waals surface area contributed by atoms with E-state index in [1.807, 2.05) is 18.2 Å². The summed E-state index contributed by atoms with van der Waals surface area (Å²) >= 11 is 1.09. The average molecular weight is 436 g/mol. The maximum absolute atomic E-state index is 12.6. The van der Waals surface area contributed by atoms with Crippen molar-refractivity contribution in [2.75, 3.05) is 6.61 Å². The lowest BCUT2D eigenvalue weighted by atomic mass is 10.2. The zero-order valence-corrected chi connectivity index (χ0v) is 16.8. The van der Waals surface area contributed by atoms with Gasteiger partial charge in [0.2, 0.25) is 5.91 Å². The van der Waals surface area contributed by atoms with E-state index in [0.717, 1.165) is 33.4 Å². The van der Waals surface area contributed by atoms with Crippen LogP contribution < -0.4 is 10.1 Å². The van der Waals surface area contributed by atoms with Gasteiger partial charge in [-0.3, -0.25) is 9.78 Å². The summed E-state index contributed by atoms with van der Waals surface area (Å²) in [5, 5.41) is 3.09. The quantitative estimate of drug-likeness (QED) is 0.573. The molecule has 0 saturated heterocycles. The Bertz CT molecular complexity index is 1020. The van der Waals surface area contributed by atoms with E-state index in [0.29, 0.717) is 6.42 Å². The molecular formula is C20H19F3N4O2S. The maximum Gasteiger partial charge on any atom is 0.422 e. The Morgan fingerprint density at radius 3 is 2.90 bits per heavy atom. The second kappa shape index (κ2) is 8.10. The lowest BCUT2D eigenvalue weighted by Gasteiger charge is -2.12. The third kappa shape index (κ3) is 4.81. The lowest BCUT2D eigenvalue weighted by molar-refractivity contribution is -0.152. The van der Waals surface area contributed by atoms with Crippen molar-refractivity contribution in [3.63, 3.8) is 0 Å². The molecule has 3 unspecified atom stereocenters. The summed E-state index contributed by atoms with van der Waals surface area (Å²) in [5.41, 5.74) is 1.59. The topological polar surface area (TPSA) is 79.9 Å². The number of thiophene rings is 1. The third-order valence-electron chi connectivity index (χ3n) is 4.78. The number of halogens is 3. The molecule has 1 fully saturated rings. The van der Waals surface area contributed by atoms with Gasteiger partial charge in [0.05, 0.1) is 23.6 Å². The molecule has 3 heterocycles. The van der Waals surface area contributed by atoms with Crippen LogP contribution in [0.1, 0.15) is 36.0 Å². The minimum absolute atomic E-state index is 0.0173. The number of aromatic amines is 1. The van der Waals surface area contributed by atoms with E-state index >= 15 is 0 Å². The molecule has 1 amide bonds. The highest BCUT2D eigenvalue weighted by molar-refractivity contribution is 7.13. The molecule has 3 aromatic heterocycles. The summed E-state index contributed by atoms with van der Waals surface area (Å²) in [7, 11) is 0. The van der Waals surface area contributed by atoms with Gasteiger partial charge in [0.1, 0.15) is 5.82 Å². The zero-order chi connectivity index (χ0) is 21.3. The van der Waals surface area contributed by atoms with E-state index in [1.165, 1.54) is 6.07 Å². The van der Waals surface area contributed by atoms with Gasteiger partial charge in [-0.2, -0.15) is 13.2 Å². The van der Waals surface area contributed by atoms with Crippen molar-refractivity contribution in [3.05, 3.63) is 53.4 Å². The van der Waals surface area contributed by atoms with E-state index in [-0.39, 0.29) is 28.8 Å². The number of carbonyl (C=O) groups excluding carboxylic acids is 1. The Hall–Kier alpha value is -2.88. The van der Waals surface area contributed by atoms with Crippen LogP contribution in [0.15, 0.2) is 42.7 Å². The Balaban J connectivity index is 1.31. The van der Waals surface area contributed by atoms with Crippen LogP contribution in [0.3, 0.4) is 0 Å². The number of imidazole rings is 1. The first-order valence-corrected chi connectivity index (χ1v) is 10.2. The van der Waals surface area contributed by atoms with Crippen LogP contribution in [0.4, 0.5) is 13.2 Å². The number of rotatable bonds is 7. The van der Waals surface area contributed by atoms with Crippen molar-refractivity contribution in [1.82, 2.24) is 20.3 Å². The molecule has 0 bridgehead atoms. The summed E-state index contributed by atoms with van der Waals surface area (Å²) in [6.07, 6.45) is -0.276. The molecule has 0 aliphatic heterocycles. The number of pyridine rings is 1. The van der Waals surface area contributed by atoms with Crippen LogP contribution in [-0.2, 0) is 4.79 Å². The molecule has 30 heavy (non-hydrogen) atoms. The normalized spacial score (nSPS) is 19.3. The Morgan fingerprint density at radius 1 is 1.33 bits per heavy atom. The van der Waals surface area contributed by atoms with Gasteiger partial charge in [-0.15, -0.1) is 11.3 Å². The van der Waals surface area contributed by atoms with Crippen LogP contribution >= 0.6 is 11.3 Å². The van der Waals surface area contributed by atoms with Crippen molar-refractivity contribution in [3.8, 4) is 16.5 Å². The predicted octanol–water partition coefficient (Wildman–Crippen LogP) is 4.46. The van der Waals surface area contributed by atoms with Gasteiger partial charge < -0.3 is 15.0 Å². The van der Waals surface area contributed by atoms with Crippen LogP contribution in [-0.4, -0.2) is 33.6 Å². The maximum atomic E-state index is 12.6. The van der Waals surface area contributed by atoms with Gasteiger partial charge >= 0.3 is 6.18 Å². The highest BCUT2D eigenvalue weighted by atomic mass is 32.1. The fourth-order valence-electron chi connectivity index (χ4n) is 3.15. The lowest BCUT2D eigenvalue weighted by Crippen LogP contribution is -2.28. The molecule has 158 valence electrons. The first-order chi connectivity index (χ1) is 14.3. The van der Waals surface area contributed by atoms with Crippen molar-refractivity contribution < 1.29 is 22.7 Å². The van der Waals surface area contributed by atoms with E-state index in [9.17, 15) is 18.0 Å². The van der Waals surface area contributed by atoms with Crippen LogP contribution in [0.25, 0.3) is 11.4 Å². The van der Waals surface area contributed by atoms with E-state index in [2.05, 4.69) is 20.3 Å². The van der Waals surface area contributed by atoms with Crippen LogP contribution in [0.2, 0.25) is 0 Å². The minimum Gasteiger partial charge on any atom is -0.475 e. The largest absolute Gasteiger partial charge is 0.475 e. The number of aromatic nitrogens is 3. The van der Waals surface area contributed by atoms with Gasteiger partial charge in [0.25, 0.3) is 0 Å². The molecular weight excluding hydrogens is 417 g/mol. The highest BCUT2D eigenvalue weighted by Gasteiger charge is 2.46. The molecule has 0 aromatic carbocycles. The fourth-order valence-corrected chi connectivity index (χ4v) is 4.01.